The van der Waals surface area contributed by atoms with Gasteiger partial charge in [-0.1, -0.05) is 6.07 Å². The first-order chi connectivity index (χ1) is 10.6. The quantitative estimate of drug-likeness (QED) is 0.770. The predicted octanol–water partition coefficient (Wildman–Crippen LogP) is 3.76. The van der Waals surface area contributed by atoms with E-state index < -0.39 is 0 Å². The third-order valence-electron chi connectivity index (χ3n) is 3.32. The van der Waals surface area contributed by atoms with Crippen LogP contribution in [-0.2, 0) is 6.54 Å². The number of carbonyl (C=O) groups excluding carboxylic acids is 1. The van der Waals surface area contributed by atoms with E-state index in [4.69, 9.17) is 4.42 Å². The van der Waals surface area contributed by atoms with Gasteiger partial charge in [0.1, 0.15) is 10.6 Å². The Labute approximate surface area is 132 Å². The minimum absolute atomic E-state index is 0.102. The van der Waals surface area contributed by atoms with Crippen LogP contribution in [0.5, 0.6) is 0 Å². The van der Waals surface area contributed by atoms with Crippen molar-refractivity contribution in [1.82, 2.24) is 15.6 Å². The van der Waals surface area contributed by atoms with Gasteiger partial charge >= 0.3 is 6.03 Å². The van der Waals surface area contributed by atoms with Gasteiger partial charge < -0.3 is 15.1 Å². The molecule has 6 heteroatoms. The van der Waals surface area contributed by atoms with Gasteiger partial charge in [-0.15, -0.1) is 11.3 Å². The van der Waals surface area contributed by atoms with Gasteiger partial charge in [0.2, 0.25) is 0 Å². The summed E-state index contributed by atoms with van der Waals surface area (Å²) in [6, 6.07) is 7.46. The second kappa shape index (κ2) is 6.19. The van der Waals surface area contributed by atoms with Crippen LogP contribution in [0.1, 0.15) is 29.2 Å². The van der Waals surface area contributed by atoms with Crippen LogP contribution in [0.4, 0.5) is 4.79 Å². The lowest BCUT2D eigenvalue weighted by atomic mass is 10.1. The van der Waals surface area contributed by atoms with Crippen LogP contribution in [-0.4, -0.2) is 11.0 Å². The van der Waals surface area contributed by atoms with Crippen LogP contribution in [0.2, 0.25) is 0 Å². The molecule has 0 aliphatic rings. The number of aromatic nitrogens is 1. The Balaban J connectivity index is 1.55. The number of aryl methyl sites for hydroxylation is 1. The lowest BCUT2D eigenvalue weighted by molar-refractivity contribution is 0.237. The Morgan fingerprint density at radius 3 is 3.05 bits per heavy atom. The minimum atomic E-state index is -0.201. The molecule has 0 bridgehead atoms. The number of furan rings is 1. The second-order valence-electron chi connectivity index (χ2n) is 5.17. The fourth-order valence-electron chi connectivity index (χ4n) is 2.19. The molecule has 0 radical (unpaired) electrons. The van der Waals surface area contributed by atoms with Crippen LogP contribution in [0.15, 0.2) is 40.3 Å². The first kappa shape index (κ1) is 14.6. The summed E-state index contributed by atoms with van der Waals surface area (Å²) < 4.78 is 5.30. The van der Waals surface area contributed by atoms with Gasteiger partial charge in [-0.25, -0.2) is 9.78 Å². The molecule has 3 aromatic rings. The summed E-state index contributed by atoms with van der Waals surface area (Å²) in [6.07, 6.45) is 1.66. The van der Waals surface area contributed by atoms with Crippen molar-refractivity contribution in [3.05, 3.63) is 52.2 Å². The summed E-state index contributed by atoms with van der Waals surface area (Å²) in [5.74, 6) is 0. The molecule has 1 aromatic carbocycles. The van der Waals surface area contributed by atoms with E-state index in [2.05, 4.69) is 15.6 Å². The first-order valence-corrected chi connectivity index (χ1v) is 7.92. The van der Waals surface area contributed by atoms with E-state index in [-0.39, 0.29) is 12.1 Å². The third kappa shape index (κ3) is 3.28. The normalized spacial score (nSPS) is 12.3. The van der Waals surface area contributed by atoms with Gasteiger partial charge in [0.25, 0.3) is 0 Å². The molecule has 3 rings (SSSR count). The molecular formula is C16H17N3O2S. The van der Waals surface area contributed by atoms with Crippen LogP contribution in [0.25, 0.3) is 11.0 Å². The van der Waals surface area contributed by atoms with Crippen LogP contribution in [0.3, 0.4) is 0 Å². The minimum Gasteiger partial charge on any atom is -0.464 e. The summed E-state index contributed by atoms with van der Waals surface area (Å²) in [5.41, 5.74) is 2.85. The van der Waals surface area contributed by atoms with E-state index in [0.717, 1.165) is 27.2 Å². The Kier molecular flexibility index (Phi) is 4.11. The zero-order chi connectivity index (χ0) is 15.5. The van der Waals surface area contributed by atoms with Gasteiger partial charge in [-0.05, 0) is 37.6 Å². The van der Waals surface area contributed by atoms with Crippen molar-refractivity contribution < 1.29 is 9.21 Å². The molecule has 1 unspecified atom stereocenters. The molecule has 0 saturated carbocycles. The smallest absolute Gasteiger partial charge is 0.315 e. The maximum Gasteiger partial charge on any atom is 0.315 e. The van der Waals surface area contributed by atoms with E-state index in [0.29, 0.717) is 6.54 Å². The number of rotatable bonds is 4. The number of urea groups is 1. The average Bonchev–Trinajstić information content (AvgIpc) is 3.13. The van der Waals surface area contributed by atoms with Crippen molar-refractivity contribution in [3.8, 4) is 0 Å². The highest BCUT2D eigenvalue weighted by molar-refractivity contribution is 7.09. The molecule has 114 valence electrons. The van der Waals surface area contributed by atoms with E-state index in [1.54, 1.807) is 17.6 Å². The molecule has 2 N–H and O–H groups in total. The molecule has 2 heterocycles. The van der Waals surface area contributed by atoms with E-state index in [1.165, 1.54) is 0 Å². The van der Waals surface area contributed by atoms with E-state index in [1.807, 2.05) is 43.5 Å². The zero-order valence-corrected chi connectivity index (χ0v) is 13.2. The molecule has 2 amide bonds. The molecule has 0 spiro atoms. The number of benzene rings is 1. The second-order valence-corrected chi connectivity index (χ2v) is 6.06. The fourth-order valence-corrected chi connectivity index (χ4v) is 2.99. The maximum atomic E-state index is 12.0. The highest BCUT2D eigenvalue weighted by Crippen LogP contribution is 2.18. The molecule has 5 nitrogen and oxygen atoms in total. The zero-order valence-electron chi connectivity index (χ0n) is 12.4. The summed E-state index contributed by atoms with van der Waals surface area (Å²) >= 11 is 1.55. The van der Waals surface area contributed by atoms with Gasteiger partial charge in [0.05, 0.1) is 12.3 Å². The molecule has 0 saturated heterocycles. The number of fused-ring (bicyclic) bond motifs is 1. The average molecular weight is 315 g/mol. The Morgan fingerprint density at radius 2 is 2.27 bits per heavy atom. The summed E-state index contributed by atoms with van der Waals surface area (Å²) in [4.78, 5) is 16.3. The standard InChI is InChI=1S/C16H17N3O2S/c1-10-9-22-15(18-10)11(2)19-16(20)17-8-12-3-4-14-13(7-12)5-6-21-14/h3-7,9,11H,8H2,1-2H3,(H2,17,19,20). The van der Waals surface area contributed by atoms with Crippen LogP contribution < -0.4 is 10.6 Å². The molecule has 2 aromatic heterocycles. The SMILES string of the molecule is Cc1csc(C(C)NC(=O)NCc2ccc3occc3c2)n1. The van der Waals surface area contributed by atoms with Crippen molar-refractivity contribution in [2.24, 2.45) is 0 Å². The number of hydrogen-bond donors (Lipinski definition) is 2. The van der Waals surface area contributed by atoms with Crippen LogP contribution >= 0.6 is 11.3 Å². The topological polar surface area (TPSA) is 67.2 Å². The molecule has 0 aliphatic heterocycles. The van der Waals surface area contributed by atoms with Crippen LogP contribution in [0, 0.1) is 6.92 Å². The van der Waals surface area contributed by atoms with Crippen molar-refractivity contribution >= 4 is 28.3 Å². The monoisotopic (exact) mass is 315 g/mol. The Morgan fingerprint density at radius 1 is 1.41 bits per heavy atom. The molecule has 1 atom stereocenters. The lowest BCUT2D eigenvalue weighted by Gasteiger charge is -2.12. The fraction of sp³-hybridized carbons (Fsp3) is 0.250. The van der Waals surface area contributed by atoms with Gasteiger partial charge in [-0.3, -0.25) is 0 Å². The largest absolute Gasteiger partial charge is 0.464 e. The summed E-state index contributed by atoms with van der Waals surface area (Å²) in [7, 11) is 0. The van der Waals surface area contributed by atoms with Crippen molar-refractivity contribution in [1.29, 1.82) is 0 Å². The Hall–Kier alpha value is -2.34. The van der Waals surface area contributed by atoms with Gasteiger partial charge in [0.15, 0.2) is 0 Å². The number of amides is 2. The van der Waals surface area contributed by atoms with Gasteiger partial charge in [0, 0.05) is 23.0 Å². The highest BCUT2D eigenvalue weighted by Gasteiger charge is 2.12. The summed E-state index contributed by atoms with van der Waals surface area (Å²) in [5, 5.41) is 9.67. The molecule has 22 heavy (non-hydrogen) atoms. The number of carbonyl (C=O) groups is 1. The van der Waals surface area contributed by atoms with Crippen molar-refractivity contribution in [3.63, 3.8) is 0 Å². The number of hydrogen-bond acceptors (Lipinski definition) is 4. The van der Waals surface area contributed by atoms with E-state index >= 15 is 0 Å². The number of nitrogens with one attached hydrogen (secondary N) is 2. The predicted molar refractivity (Wildman–Crippen MR) is 86.9 cm³/mol. The number of nitrogens with zero attached hydrogens (tertiary/aromatic N) is 1. The molecular weight excluding hydrogens is 298 g/mol. The highest BCUT2D eigenvalue weighted by atomic mass is 32.1. The summed E-state index contributed by atoms with van der Waals surface area (Å²) in [6.45, 7) is 4.34. The van der Waals surface area contributed by atoms with E-state index in [9.17, 15) is 4.79 Å². The molecule has 0 fully saturated rings. The maximum absolute atomic E-state index is 12.0. The Bertz CT molecular complexity index is 793. The first-order valence-electron chi connectivity index (χ1n) is 7.04. The third-order valence-corrected chi connectivity index (χ3v) is 4.47. The van der Waals surface area contributed by atoms with Crippen molar-refractivity contribution in [2.75, 3.05) is 0 Å². The van der Waals surface area contributed by atoms with Crippen molar-refractivity contribution in [2.45, 2.75) is 26.4 Å². The van der Waals surface area contributed by atoms with Gasteiger partial charge in [-0.2, -0.15) is 0 Å². The molecule has 0 aliphatic carbocycles. The lowest BCUT2D eigenvalue weighted by Crippen LogP contribution is -2.36. The number of thiazole rings is 1.